The molecule has 1 N–H and O–H groups in total. The number of phenols is 1. The van der Waals surface area contributed by atoms with Crippen molar-refractivity contribution in [1.29, 1.82) is 0 Å². The molecule has 0 bridgehead atoms. The minimum absolute atomic E-state index is 0.0728. The van der Waals surface area contributed by atoms with Crippen LogP contribution in [0.25, 0.3) is 0 Å². The Bertz CT molecular complexity index is 516. The van der Waals surface area contributed by atoms with E-state index in [-0.39, 0.29) is 11.5 Å². The number of hydrogen-bond donors (Lipinski definition) is 1. The van der Waals surface area contributed by atoms with Crippen LogP contribution in [0, 0.1) is 0 Å². The van der Waals surface area contributed by atoms with Crippen LogP contribution in [0.1, 0.15) is 28.6 Å². The Balaban J connectivity index is 2.27. The minimum Gasteiger partial charge on any atom is -0.508 e. The molecule has 1 aromatic carbocycles. The number of Topliss-reactive ketones (excluding diaryl/α,β-unsaturated/α-hetero) is 1. The molecule has 0 saturated carbocycles. The average Bonchev–Trinajstić information content (AvgIpc) is 2.66. The molecule has 2 aromatic rings. The fraction of sp³-hybridized carbons (Fsp3) is 0.167. The van der Waals surface area contributed by atoms with Gasteiger partial charge in [0.05, 0.1) is 11.8 Å². The number of aromatic hydroxyl groups is 1. The molecule has 1 aromatic heterocycles. The molecular formula is C12H11NO3. The van der Waals surface area contributed by atoms with E-state index in [4.69, 9.17) is 4.52 Å². The Kier molecular flexibility index (Phi) is 2.72. The summed E-state index contributed by atoms with van der Waals surface area (Å²) in [5.41, 5.74) is 1.36. The van der Waals surface area contributed by atoms with Gasteiger partial charge in [-0.1, -0.05) is 17.3 Å². The van der Waals surface area contributed by atoms with Crippen LogP contribution < -0.4 is 0 Å². The van der Waals surface area contributed by atoms with Gasteiger partial charge in [-0.15, -0.1) is 0 Å². The zero-order valence-corrected chi connectivity index (χ0v) is 8.80. The maximum absolute atomic E-state index is 11.2. The molecule has 0 saturated heterocycles. The molecule has 0 fully saturated rings. The summed E-state index contributed by atoms with van der Waals surface area (Å²) in [4.78, 5) is 11.2. The summed E-state index contributed by atoms with van der Waals surface area (Å²) in [6, 6.07) is 6.82. The molecule has 0 aliphatic rings. The van der Waals surface area contributed by atoms with Crippen molar-refractivity contribution < 1.29 is 14.4 Å². The fourth-order valence-corrected chi connectivity index (χ4v) is 1.53. The Hall–Kier alpha value is -2.10. The molecule has 2 rings (SSSR count). The van der Waals surface area contributed by atoms with E-state index in [1.54, 1.807) is 18.2 Å². The van der Waals surface area contributed by atoms with Crippen molar-refractivity contribution in [1.82, 2.24) is 5.16 Å². The Morgan fingerprint density at radius 3 is 3.00 bits per heavy atom. The highest BCUT2D eigenvalue weighted by atomic mass is 16.5. The van der Waals surface area contributed by atoms with Crippen molar-refractivity contribution >= 4 is 5.78 Å². The Morgan fingerprint density at radius 1 is 1.50 bits per heavy atom. The summed E-state index contributed by atoms with van der Waals surface area (Å²) in [5.74, 6) is 0.649. The van der Waals surface area contributed by atoms with Crippen molar-refractivity contribution in [3.63, 3.8) is 0 Å². The van der Waals surface area contributed by atoms with E-state index in [1.165, 1.54) is 13.1 Å². The van der Waals surface area contributed by atoms with Gasteiger partial charge in [0, 0.05) is 6.42 Å². The summed E-state index contributed by atoms with van der Waals surface area (Å²) in [6.07, 6.45) is 1.86. The van der Waals surface area contributed by atoms with Crippen molar-refractivity contribution in [3.8, 4) is 5.75 Å². The molecule has 82 valence electrons. The molecule has 0 unspecified atom stereocenters. The van der Waals surface area contributed by atoms with Gasteiger partial charge >= 0.3 is 0 Å². The van der Waals surface area contributed by atoms with Gasteiger partial charge in [-0.25, -0.2) is 0 Å². The van der Waals surface area contributed by atoms with Gasteiger partial charge in [0.25, 0.3) is 0 Å². The van der Waals surface area contributed by atoms with Crippen LogP contribution in [0.4, 0.5) is 0 Å². The molecule has 0 aliphatic carbocycles. The SMILES string of the molecule is CC(=O)c1cnoc1Cc1cccc(O)c1. The van der Waals surface area contributed by atoms with Crippen LogP contribution in [-0.2, 0) is 6.42 Å². The standard InChI is InChI=1S/C12H11NO3/c1-8(14)11-7-13-16-12(11)6-9-3-2-4-10(15)5-9/h2-5,7,15H,6H2,1H3. The third kappa shape index (κ3) is 2.11. The first-order valence-electron chi connectivity index (χ1n) is 4.89. The lowest BCUT2D eigenvalue weighted by molar-refractivity contribution is 0.101. The number of rotatable bonds is 3. The number of phenolic OH excluding ortho intramolecular Hbond substituents is 1. The van der Waals surface area contributed by atoms with Crippen molar-refractivity contribution in [2.45, 2.75) is 13.3 Å². The van der Waals surface area contributed by atoms with E-state index in [1.807, 2.05) is 6.07 Å². The highest BCUT2D eigenvalue weighted by Crippen LogP contribution is 2.17. The highest BCUT2D eigenvalue weighted by Gasteiger charge is 2.12. The number of nitrogens with zero attached hydrogens (tertiary/aromatic N) is 1. The number of carbonyl (C=O) groups excluding carboxylic acids is 1. The molecule has 0 amide bonds. The molecule has 1 heterocycles. The zero-order chi connectivity index (χ0) is 11.5. The van der Waals surface area contributed by atoms with Crippen molar-refractivity contribution in [2.75, 3.05) is 0 Å². The first-order chi connectivity index (χ1) is 7.66. The smallest absolute Gasteiger partial charge is 0.165 e. The van der Waals surface area contributed by atoms with E-state index >= 15 is 0 Å². The van der Waals surface area contributed by atoms with Gasteiger partial charge in [-0.2, -0.15) is 0 Å². The number of hydrogen-bond acceptors (Lipinski definition) is 4. The molecular weight excluding hydrogens is 206 g/mol. The van der Waals surface area contributed by atoms with Crippen LogP contribution >= 0.6 is 0 Å². The fourth-order valence-electron chi connectivity index (χ4n) is 1.53. The summed E-state index contributed by atoms with van der Waals surface area (Å²) >= 11 is 0. The second-order valence-electron chi connectivity index (χ2n) is 3.57. The van der Waals surface area contributed by atoms with E-state index < -0.39 is 0 Å². The van der Waals surface area contributed by atoms with Gasteiger partial charge in [-0.05, 0) is 24.6 Å². The number of carbonyl (C=O) groups is 1. The second kappa shape index (κ2) is 4.18. The third-order valence-electron chi connectivity index (χ3n) is 2.30. The molecule has 0 atom stereocenters. The van der Waals surface area contributed by atoms with Crippen molar-refractivity contribution in [2.24, 2.45) is 0 Å². The van der Waals surface area contributed by atoms with Crippen molar-refractivity contribution in [3.05, 3.63) is 47.3 Å². The van der Waals surface area contributed by atoms with Crippen LogP contribution in [0.2, 0.25) is 0 Å². The second-order valence-corrected chi connectivity index (χ2v) is 3.57. The number of ketones is 1. The number of benzene rings is 1. The normalized spacial score (nSPS) is 10.3. The van der Waals surface area contributed by atoms with Gasteiger partial charge < -0.3 is 9.63 Å². The van der Waals surface area contributed by atoms with E-state index in [0.717, 1.165) is 5.56 Å². The number of aromatic nitrogens is 1. The predicted molar refractivity (Wildman–Crippen MR) is 57.4 cm³/mol. The topological polar surface area (TPSA) is 63.3 Å². The maximum Gasteiger partial charge on any atom is 0.165 e. The lowest BCUT2D eigenvalue weighted by atomic mass is 10.1. The first kappa shape index (κ1) is 10.4. The molecule has 0 aliphatic heterocycles. The summed E-state index contributed by atoms with van der Waals surface area (Å²) in [6.45, 7) is 1.47. The molecule has 0 radical (unpaired) electrons. The molecule has 16 heavy (non-hydrogen) atoms. The summed E-state index contributed by atoms with van der Waals surface area (Å²) in [5, 5.41) is 12.9. The van der Waals surface area contributed by atoms with Crippen LogP contribution in [0.3, 0.4) is 0 Å². The monoisotopic (exact) mass is 217 g/mol. The van der Waals surface area contributed by atoms with E-state index in [9.17, 15) is 9.90 Å². The largest absolute Gasteiger partial charge is 0.508 e. The average molecular weight is 217 g/mol. The summed E-state index contributed by atoms with van der Waals surface area (Å²) in [7, 11) is 0. The van der Waals surface area contributed by atoms with Gasteiger partial charge in [0.1, 0.15) is 5.75 Å². The molecule has 0 spiro atoms. The zero-order valence-electron chi connectivity index (χ0n) is 8.80. The Morgan fingerprint density at radius 2 is 2.31 bits per heavy atom. The quantitative estimate of drug-likeness (QED) is 0.800. The molecule has 4 heteroatoms. The van der Waals surface area contributed by atoms with Crippen LogP contribution in [0.5, 0.6) is 5.75 Å². The summed E-state index contributed by atoms with van der Waals surface area (Å²) < 4.78 is 5.02. The molecule has 4 nitrogen and oxygen atoms in total. The lowest BCUT2D eigenvalue weighted by Gasteiger charge is -2.00. The maximum atomic E-state index is 11.2. The van der Waals surface area contributed by atoms with Gasteiger partial charge in [0.15, 0.2) is 11.5 Å². The highest BCUT2D eigenvalue weighted by molar-refractivity contribution is 5.94. The predicted octanol–water partition coefficient (Wildman–Crippen LogP) is 2.17. The minimum atomic E-state index is -0.0728. The van der Waals surface area contributed by atoms with Gasteiger partial charge in [0.2, 0.25) is 0 Å². The van der Waals surface area contributed by atoms with E-state index in [0.29, 0.717) is 17.7 Å². The lowest BCUT2D eigenvalue weighted by Crippen LogP contribution is -1.96. The van der Waals surface area contributed by atoms with Gasteiger partial charge in [-0.3, -0.25) is 4.79 Å². The van der Waals surface area contributed by atoms with Crippen LogP contribution in [0.15, 0.2) is 35.0 Å². The third-order valence-corrected chi connectivity index (χ3v) is 2.30. The first-order valence-corrected chi connectivity index (χ1v) is 4.89. The van der Waals surface area contributed by atoms with E-state index in [2.05, 4.69) is 5.16 Å². The van der Waals surface area contributed by atoms with Crippen LogP contribution in [-0.4, -0.2) is 16.0 Å². The Labute approximate surface area is 92.5 Å².